The molecule has 2 N–H and O–H groups in total. The van der Waals surface area contributed by atoms with E-state index in [1.807, 2.05) is 12.1 Å². The Bertz CT molecular complexity index is 779. The van der Waals surface area contributed by atoms with Crippen LogP contribution in [0.15, 0.2) is 41.0 Å². The topological polar surface area (TPSA) is 52.5 Å². The Morgan fingerprint density at radius 2 is 2.16 bits per heavy atom. The van der Waals surface area contributed by atoms with Crippen LogP contribution in [-0.2, 0) is 0 Å². The van der Waals surface area contributed by atoms with Gasteiger partial charge in [-0.3, -0.25) is 4.98 Å². The van der Waals surface area contributed by atoms with E-state index in [4.69, 9.17) is 5.41 Å². The molecule has 0 unspecified atom stereocenters. The second-order valence-corrected chi connectivity index (χ2v) is 5.03. The smallest absolute Gasteiger partial charge is 0.132 e. The minimum absolute atomic E-state index is 0.264. The number of pyridine rings is 1. The Labute approximate surface area is 117 Å². The highest BCUT2D eigenvalue weighted by molar-refractivity contribution is 9.10. The van der Waals surface area contributed by atoms with Gasteiger partial charge >= 0.3 is 0 Å². The van der Waals surface area contributed by atoms with Crippen LogP contribution in [0.1, 0.15) is 5.69 Å². The molecule has 0 radical (unpaired) electrons. The van der Waals surface area contributed by atoms with Crippen molar-refractivity contribution in [3.05, 3.63) is 52.5 Å². The molecular formula is C14H9BrFN3. The maximum atomic E-state index is 13.7. The minimum atomic E-state index is -0.264. The third kappa shape index (κ3) is 2.06. The first kappa shape index (κ1) is 12.0. The van der Waals surface area contributed by atoms with Crippen LogP contribution in [0.3, 0.4) is 0 Å². The van der Waals surface area contributed by atoms with Crippen molar-refractivity contribution in [2.75, 3.05) is 0 Å². The normalized spacial score (nSPS) is 10.8. The van der Waals surface area contributed by atoms with Crippen LogP contribution in [-0.4, -0.2) is 16.2 Å². The summed E-state index contributed by atoms with van der Waals surface area (Å²) < 4.78 is 14.5. The fourth-order valence-corrected chi connectivity index (χ4v) is 2.38. The molecule has 0 aliphatic rings. The van der Waals surface area contributed by atoms with Gasteiger partial charge in [0.2, 0.25) is 0 Å². The first-order chi connectivity index (χ1) is 9.19. The van der Waals surface area contributed by atoms with E-state index in [1.165, 1.54) is 12.3 Å². The van der Waals surface area contributed by atoms with Gasteiger partial charge in [-0.2, -0.15) is 0 Å². The van der Waals surface area contributed by atoms with Crippen LogP contribution < -0.4 is 0 Å². The van der Waals surface area contributed by atoms with Crippen molar-refractivity contribution in [1.29, 1.82) is 5.41 Å². The van der Waals surface area contributed by atoms with E-state index in [0.717, 1.165) is 21.2 Å². The standard InChI is InChI=1S/C14H9BrFN3/c15-8-4-10(14(6-17)18-7-8)13-5-9-11(16)2-1-3-12(9)19-13/h1-7,17,19H. The van der Waals surface area contributed by atoms with Gasteiger partial charge in [0.25, 0.3) is 0 Å². The zero-order chi connectivity index (χ0) is 13.4. The Kier molecular flexibility index (Phi) is 2.91. The zero-order valence-corrected chi connectivity index (χ0v) is 11.3. The molecule has 0 atom stereocenters. The van der Waals surface area contributed by atoms with Gasteiger partial charge in [-0.05, 0) is 40.2 Å². The van der Waals surface area contributed by atoms with E-state index in [9.17, 15) is 4.39 Å². The van der Waals surface area contributed by atoms with Crippen LogP contribution in [0.2, 0.25) is 0 Å². The zero-order valence-electron chi connectivity index (χ0n) is 9.74. The third-order valence-corrected chi connectivity index (χ3v) is 3.36. The summed E-state index contributed by atoms with van der Waals surface area (Å²) in [5.74, 6) is -0.264. The molecule has 3 rings (SSSR count). The molecule has 0 fully saturated rings. The molecule has 0 spiro atoms. The number of hydrogen-bond acceptors (Lipinski definition) is 2. The van der Waals surface area contributed by atoms with Crippen molar-refractivity contribution in [1.82, 2.24) is 9.97 Å². The maximum Gasteiger partial charge on any atom is 0.132 e. The lowest BCUT2D eigenvalue weighted by Gasteiger charge is -2.02. The number of H-pyrrole nitrogens is 1. The molecule has 2 aromatic heterocycles. The second-order valence-electron chi connectivity index (χ2n) is 4.11. The molecule has 5 heteroatoms. The highest BCUT2D eigenvalue weighted by atomic mass is 79.9. The summed E-state index contributed by atoms with van der Waals surface area (Å²) >= 11 is 3.36. The SMILES string of the molecule is N=Cc1ncc(Br)cc1-c1cc2c(F)cccc2[nH]1. The van der Waals surface area contributed by atoms with Gasteiger partial charge in [0, 0.05) is 39.0 Å². The molecular weight excluding hydrogens is 309 g/mol. The summed E-state index contributed by atoms with van der Waals surface area (Å²) in [4.78, 5) is 7.31. The number of fused-ring (bicyclic) bond motifs is 1. The number of aromatic nitrogens is 2. The first-order valence-corrected chi connectivity index (χ1v) is 6.42. The molecule has 0 saturated heterocycles. The Morgan fingerprint density at radius 3 is 2.89 bits per heavy atom. The lowest BCUT2D eigenvalue weighted by atomic mass is 10.1. The van der Waals surface area contributed by atoms with Crippen LogP contribution in [0, 0.1) is 11.2 Å². The van der Waals surface area contributed by atoms with E-state index >= 15 is 0 Å². The number of nitrogens with zero attached hydrogens (tertiary/aromatic N) is 1. The van der Waals surface area contributed by atoms with Crippen molar-refractivity contribution in [2.45, 2.75) is 0 Å². The average molecular weight is 318 g/mol. The van der Waals surface area contributed by atoms with Crippen molar-refractivity contribution < 1.29 is 4.39 Å². The number of nitrogens with one attached hydrogen (secondary N) is 2. The third-order valence-electron chi connectivity index (χ3n) is 2.92. The van der Waals surface area contributed by atoms with Crippen molar-refractivity contribution in [3.63, 3.8) is 0 Å². The number of benzene rings is 1. The lowest BCUT2D eigenvalue weighted by Crippen LogP contribution is -1.92. The summed E-state index contributed by atoms with van der Waals surface area (Å²) in [6.45, 7) is 0. The second kappa shape index (κ2) is 4.59. The predicted molar refractivity (Wildman–Crippen MR) is 77.1 cm³/mol. The van der Waals surface area contributed by atoms with E-state index in [1.54, 1.807) is 18.3 Å². The molecule has 1 aromatic carbocycles. The van der Waals surface area contributed by atoms with Gasteiger partial charge in [0.15, 0.2) is 0 Å². The molecule has 0 amide bonds. The molecule has 3 aromatic rings. The Balaban J connectivity index is 2.27. The quantitative estimate of drug-likeness (QED) is 0.686. The Morgan fingerprint density at radius 1 is 1.32 bits per heavy atom. The van der Waals surface area contributed by atoms with E-state index in [2.05, 4.69) is 25.9 Å². The summed E-state index contributed by atoms with van der Waals surface area (Å²) in [7, 11) is 0. The fourth-order valence-electron chi connectivity index (χ4n) is 2.04. The van der Waals surface area contributed by atoms with E-state index < -0.39 is 0 Å². The van der Waals surface area contributed by atoms with Gasteiger partial charge in [-0.25, -0.2) is 4.39 Å². The number of hydrogen-bond donors (Lipinski definition) is 2. The van der Waals surface area contributed by atoms with Crippen LogP contribution in [0.25, 0.3) is 22.2 Å². The molecule has 19 heavy (non-hydrogen) atoms. The van der Waals surface area contributed by atoms with E-state index in [0.29, 0.717) is 11.1 Å². The lowest BCUT2D eigenvalue weighted by molar-refractivity contribution is 0.640. The summed E-state index contributed by atoms with van der Waals surface area (Å²) in [6.07, 6.45) is 2.82. The van der Waals surface area contributed by atoms with Crippen LogP contribution >= 0.6 is 15.9 Å². The van der Waals surface area contributed by atoms with Gasteiger partial charge in [0.05, 0.1) is 5.69 Å². The van der Waals surface area contributed by atoms with Gasteiger partial charge in [-0.1, -0.05) is 6.07 Å². The highest BCUT2D eigenvalue weighted by Crippen LogP contribution is 2.28. The number of rotatable bonds is 2. The van der Waals surface area contributed by atoms with Crippen molar-refractivity contribution >= 4 is 33.0 Å². The summed E-state index contributed by atoms with van der Waals surface area (Å²) in [5.41, 5.74) is 2.77. The summed E-state index contributed by atoms with van der Waals surface area (Å²) in [5, 5.41) is 7.93. The van der Waals surface area contributed by atoms with Crippen LogP contribution in [0.4, 0.5) is 4.39 Å². The van der Waals surface area contributed by atoms with Crippen molar-refractivity contribution in [2.24, 2.45) is 0 Å². The largest absolute Gasteiger partial charge is 0.354 e. The van der Waals surface area contributed by atoms with E-state index in [-0.39, 0.29) is 5.82 Å². The maximum absolute atomic E-state index is 13.7. The highest BCUT2D eigenvalue weighted by Gasteiger charge is 2.10. The molecule has 0 aliphatic heterocycles. The fraction of sp³-hybridized carbons (Fsp3) is 0. The molecule has 3 nitrogen and oxygen atoms in total. The first-order valence-electron chi connectivity index (χ1n) is 5.62. The molecule has 0 saturated carbocycles. The molecule has 0 aliphatic carbocycles. The Hall–Kier alpha value is -2.01. The van der Waals surface area contributed by atoms with Crippen molar-refractivity contribution in [3.8, 4) is 11.3 Å². The monoisotopic (exact) mass is 317 g/mol. The number of aromatic amines is 1. The van der Waals surface area contributed by atoms with Gasteiger partial charge < -0.3 is 10.4 Å². The molecule has 2 heterocycles. The predicted octanol–water partition coefficient (Wildman–Crippen LogP) is 4.13. The average Bonchev–Trinajstić information content (AvgIpc) is 2.84. The van der Waals surface area contributed by atoms with Crippen LogP contribution in [0.5, 0.6) is 0 Å². The van der Waals surface area contributed by atoms with Gasteiger partial charge in [0.1, 0.15) is 5.82 Å². The molecule has 0 bridgehead atoms. The van der Waals surface area contributed by atoms with Gasteiger partial charge in [-0.15, -0.1) is 0 Å². The minimum Gasteiger partial charge on any atom is -0.354 e. The number of halogens is 2. The summed E-state index contributed by atoms with van der Waals surface area (Å²) in [6, 6.07) is 8.50. The molecule has 94 valence electrons.